The lowest BCUT2D eigenvalue weighted by Gasteiger charge is -2.12. The van der Waals surface area contributed by atoms with E-state index in [0.717, 1.165) is 0 Å². The first-order chi connectivity index (χ1) is 5.00. The maximum absolute atomic E-state index is 10.4. The predicted molar refractivity (Wildman–Crippen MR) is 39.6 cm³/mol. The van der Waals surface area contributed by atoms with Crippen molar-refractivity contribution in [2.75, 3.05) is 0 Å². The number of hydrogen-bond acceptors (Lipinski definition) is 3. The highest BCUT2D eigenvalue weighted by Crippen LogP contribution is 2.01. The van der Waals surface area contributed by atoms with Crippen molar-refractivity contribution < 1.29 is 9.90 Å². The van der Waals surface area contributed by atoms with Gasteiger partial charge in [-0.2, -0.15) is 5.26 Å². The van der Waals surface area contributed by atoms with Gasteiger partial charge in [-0.3, -0.25) is 0 Å². The Bertz CT molecular complexity index is 213. The number of aliphatic carboxylic acids is 1. The average Bonchev–Trinajstić information content (AvgIpc) is 1.88. The molecule has 0 aromatic carbocycles. The molecule has 0 heterocycles. The minimum atomic E-state index is -1.36. The molecule has 1 atom stereocenters. The first-order valence-corrected chi connectivity index (χ1v) is 3.07. The molecule has 0 fully saturated rings. The van der Waals surface area contributed by atoms with Gasteiger partial charge < -0.3 is 10.8 Å². The van der Waals surface area contributed by atoms with Gasteiger partial charge in [-0.1, -0.05) is 12.2 Å². The van der Waals surface area contributed by atoms with Crippen LogP contribution in [0.4, 0.5) is 0 Å². The third kappa shape index (κ3) is 3.38. The molecule has 0 amide bonds. The number of nitrogens with zero attached hydrogens (tertiary/aromatic N) is 1. The van der Waals surface area contributed by atoms with Crippen molar-refractivity contribution in [3.63, 3.8) is 0 Å². The van der Waals surface area contributed by atoms with Crippen molar-refractivity contribution in [2.24, 2.45) is 5.73 Å². The van der Waals surface area contributed by atoms with E-state index in [1.807, 2.05) is 6.07 Å². The van der Waals surface area contributed by atoms with Crippen LogP contribution in [0.25, 0.3) is 0 Å². The van der Waals surface area contributed by atoms with Crippen LogP contribution in [0.1, 0.15) is 13.3 Å². The smallest absolute Gasteiger partial charge is 0.327 e. The molecule has 0 bridgehead atoms. The number of carboxylic acids is 1. The number of rotatable bonds is 3. The third-order valence-corrected chi connectivity index (χ3v) is 1.13. The summed E-state index contributed by atoms with van der Waals surface area (Å²) in [7, 11) is 0. The van der Waals surface area contributed by atoms with Crippen molar-refractivity contribution in [3.05, 3.63) is 12.2 Å². The van der Waals surface area contributed by atoms with Crippen LogP contribution in [0.3, 0.4) is 0 Å². The fraction of sp³-hybridized carbons (Fsp3) is 0.429. The van der Waals surface area contributed by atoms with E-state index >= 15 is 0 Å². The lowest BCUT2D eigenvalue weighted by atomic mass is 10.0. The van der Waals surface area contributed by atoms with E-state index in [1.54, 1.807) is 0 Å². The summed E-state index contributed by atoms with van der Waals surface area (Å²) in [5.41, 5.74) is 3.94. The van der Waals surface area contributed by atoms with E-state index in [9.17, 15) is 4.79 Å². The van der Waals surface area contributed by atoms with Gasteiger partial charge in [0.05, 0.1) is 12.5 Å². The van der Waals surface area contributed by atoms with E-state index < -0.39 is 11.5 Å². The first kappa shape index (κ1) is 9.66. The monoisotopic (exact) mass is 154 g/mol. The zero-order valence-electron chi connectivity index (χ0n) is 6.24. The fourth-order valence-electron chi connectivity index (χ4n) is 0.428. The molecular weight excluding hydrogens is 144 g/mol. The maximum atomic E-state index is 10.4. The molecule has 0 aliphatic heterocycles. The zero-order valence-corrected chi connectivity index (χ0v) is 6.24. The quantitative estimate of drug-likeness (QED) is 0.571. The lowest BCUT2D eigenvalue weighted by Crippen LogP contribution is -2.42. The van der Waals surface area contributed by atoms with Gasteiger partial charge >= 0.3 is 5.97 Å². The van der Waals surface area contributed by atoms with Crippen LogP contribution in [-0.4, -0.2) is 16.6 Å². The van der Waals surface area contributed by atoms with Gasteiger partial charge in [0, 0.05) is 0 Å². The Morgan fingerprint density at radius 1 is 1.91 bits per heavy atom. The fourth-order valence-corrected chi connectivity index (χ4v) is 0.428. The van der Waals surface area contributed by atoms with Crippen LogP contribution < -0.4 is 5.73 Å². The highest BCUT2D eigenvalue weighted by Gasteiger charge is 2.23. The molecule has 0 spiro atoms. The molecule has 0 radical (unpaired) electrons. The molecule has 0 saturated heterocycles. The number of nitrogens with two attached hydrogens (primary N) is 1. The van der Waals surface area contributed by atoms with Gasteiger partial charge in [-0.15, -0.1) is 0 Å². The summed E-state index contributed by atoms with van der Waals surface area (Å²) in [4.78, 5) is 10.4. The summed E-state index contributed by atoms with van der Waals surface area (Å²) < 4.78 is 0. The highest BCUT2D eigenvalue weighted by molar-refractivity contribution is 5.80. The topological polar surface area (TPSA) is 87.1 Å². The van der Waals surface area contributed by atoms with Crippen LogP contribution >= 0.6 is 0 Å². The molecular formula is C7H10N2O2. The SMILES string of the molecule is CC(N)(C=CCC#N)C(=O)O. The van der Waals surface area contributed by atoms with Crippen LogP contribution in [0.2, 0.25) is 0 Å². The molecule has 4 nitrogen and oxygen atoms in total. The number of nitriles is 1. The van der Waals surface area contributed by atoms with E-state index in [-0.39, 0.29) is 6.42 Å². The molecule has 0 aromatic heterocycles. The molecule has 0 aliphatic rings. The van der Waals surface area contributed by atoms with Crippen LogP contribution in [-0.2, 0) is 4.79 Å². The van der Waals surface area contributed by atoms with Gasteiger partial charge in [0.1, 0.15) is 5.54 Å². The van der Waals surface area contributed by atoms with Gasteiger partial charge in [-0.25, -0.2) is 4.79 Å². The van der Waals surface area contributed by atoms with E-state index in [4.69, 9.17) is 16.1 Å². The Kier molecular flexibility index (Phi) is 3.28. The molecule has 60 valence electrons. The molecule has 1 unspecified atom stereocenters. The van der Waals surface area contributed by atoms with Crippen LogP contribution in [0.5, 0.6) is 0 Å². The van der Waals surface area contributed by atoms with Gasteiger partial charge in [0.2, 0.25) is 0 Å². The molecule has 4 heteroatoms. The number of carbonyl (C=O) groups is 1. The van der Waals surface area contributed by atoms with E-state index in [2.05, 4.69) is 0 Å². The molecule has 11 heavy (non-hydrogen) atoms. The molecule has 0 rings (SSSR count). The second kappa shape index (κ2) is 3.74. The van der Waals surface area contributed by atoms with Crippen molar-refractivity contribution in [1.82, 2.24) is 0 Å². The highest BCUT2D eigenvalue weighted by atomic mass is 16.4. The van der Waals surface area contributed by atoms with Gasteiger partial charge in [-0.05, 0) is 6.92 Å². The standard InChI is InChI=1S/C7H10N2O2/c1-7(9,6(10)11)4-2-3-5-8/h2,4H,3,9H2,1H3,(H,10,11). The summed E-state index contributed by atoms with van der Waals surface area (Å²) in [6.45, 7) is 1.36. The summed E-state index contributed by atoms with van der Waals surface area (Å²) >= 11 is 0. The second-order valence-corrected chi connectivity index (χ2v) is 2.35. The normalized spacial score (nSPS) is 15.7. The molecule has 3 N–H and O–H groups in total. The summed E-state index contributed by atoms with van der Waals surface area (Å²) in [6.07, 6.45) is 2.92. The second-order valence-electron chi connectivity index (χ2n) is 2.35. The number of allylic oxidation sites excluding steroid dienone is 1. The average molecular weight is 154 g/mol. The Morgan fingerprint density at radius 3 is 2.82 bits per heavy atom. The minimum absolute atomic E-state index is 0.181. The largest absolute Gasteiger partial charge is 0.480 e. The summed E-state index contributed by atoms with van der Waals surface area (Å²) in [6, 6.07) is 1.84. The van der Waals surface area contributed by atoms with E-state index in [0.29, 0.717) is 0 Å². The van der Waals surface area contributed by atoms with E-state index in [1.165, 1.54) is 19.1 Å². The minimum Gasteiger partial charge on any atom is -0.480 e. The lowest BCUT2D eigenvalue weighted by molar-refractivity contribution is -0.140. The molecule has 0 saturated carbocycles. The van der Waals surface area contributed by atoms with Gasteiger partial charge in [0.25, 0.3) is 0 Å². The Balaban J connectivity index is 4.14. The molecule has 0 aliphatic carbocycles. The van der Waals surface area contributed by atoms with Gasteiger partial charge in [0.15, 0.2) is 0 Å². The third-order valence-electron chi connectivity index (χ3n) is 1.13. The zero-order chi connectivity index (χ0) is 8.91. The summed E-state index contributed by atoms with van der Waals surface area (Å²) in [5.74, 6) is -1.10. The van der Waals surface area contributed by atoms with Crippen LogP contribution in [0, 0.1) is 11.3 Å². The Labute approximate surface area is 64.9 Å². The van der Waals surface area contributed by atoms with Crippen molar-refractivity contribution in [1.29, 1.82) is 5.26 Å². The predicted octanol–water partition coefficient (Wildman–Crippen LogP) is 0.258. The van der Waals surface area contributed by atoms with Crippen molar-refractivity contribution in [2.45, 2.75) is 18.9 Å². The summed E-state index contributed by atoms with van der Waals surface area (Å²) in [5, 5.41) is 16.6. The Morgan fingerprint density at radius 2 is 2.45 bits per heavy atom. The Hall–Kier alpha value is -1.34. The number of hydrogen-bond donors (Lipinski definition) is 2. The first-order valence-electron chi connectivity index (χ1n) is 3.07. The maximum Gasteiger partial charge on any atom is 0.327 e. The van der Waals surface area contributed by atoms with Crippen LogP contribution in [0.15, 0.2) is 12.2 Å². The number of carboxylic acid groups (broad SMARTS) is 1. The van der Waals surface area contributed by atoms with Crippen molar-refractivity contribution >= 4 is 5.97 Å². The molecule has 0 aromatic rings. The van der Waals surface area contributed by atoms with Crippen molar-refractivity contribution in [3.8, 4) is 6.07 Å².